The van der Waals surface area contributed by atoms with Gasteiger partial charge in [-0.15, -0.1) is 0 Å². The number of nitrogens with zero attached hydrogens (tertiary/aromatic N) is 1. The molecule has 0 spiro atoms. The Morgan fingerprint density at radius 2 is 1.76 bits per heavy atom. The van der Waals surface area contributed by atoms with E-state index in [4.69, 9.17) is 13.7 Å². The number of aryl methyl sites for hydroxylation is 1. The lowest BCUT2D eigenvalue weighted by molar-refractivity contribution is -0.120. The summed E-state index contributed by atoms with van der Waals surface area (Å²) in [5.74, 6) is 0.583. The second kappa shape index (κ2) is 11.3. The van der Waals surface area contributed by atoms with Crippen LogP contribution >= 0.6 is 0 Å². The van der Waals surface area contributed by atoms with Crippen molar-refractivity contribution in [1.82, 2.24) is 5.43 Å². The number of carbonyl (C=O) groups is 1. The standard InChI is InChI=1S/C25H26N2O6S/c1-4-32-23-14-18(2)13-20(25(23)34(29,30)33-21-10-6-5-7-11-21)17-26-27-24(28)16-19-9-8-12-22(15-19)31-3/h5-15,17H,4,16H2,1-3H3,(H,27,28). The second-order valence-corrected chi connectivity index (χ2v) is 8.77. The first-order valence-corrected chi connectivity index (χ1v) is 11.9. The zero-order chi connectivity index (χ0) is 24.6. The summed E-state index contributed by atoms with van der Waals surface area (Å²) in [4.78, 5) is 12.2. The molecule has 0 saturated heterocycles. The van der Waals surface area contributed by atoms with Crippen LogP contribution in [0.5, 0.6) is 17.2 Å². The molecule has 3 rings (SSSR count). The van der Waals surface area contributed by atoms with Gasteiger partial charge in [0.1, 0.15) is 17.2 Å². The van der Waals surface area contributed by atoms with E-state index >= 15 is 0 Å². The largest absolute Gasteiger partial charge is 0.497 e. The van der Waals surface area contributed by atoms with Crippen LogP contribution in [-0.2, 0) is 21.3 Å². The predicted octanol–water partition coefficient (Wildman–Crippen LogP) is 3.86. The predicted molar refractivity (Wildman–Crippen MR) is 129 cm³/mol. The maximum Gasteiger partial charge on any atom is 0.343 e. The molecule has 1 amide bonds. The number of rotatable bonds is 10. The fourth-order valence-electron chi connectivity index (χ4n) is 3.22. The summed E-state index contributed by atoms with van der Waals surface area (Å²) in [7, 11) is -2.71. The van der Waals surface area contributed by atoms with Crippen molar-refractivity contribution in [3.8, 4) is 17.2 Å². The highest BCUT2D eigenvalue weighted by Crippen LogP contribution is 2.31. The Morgan fingerprint density at radius 3 is 2.47 bits per heavy atom. The summed E-state index contributed by atoms with van der Waals surface area (Å²) in [5, 5.41) is 3.97. The molecule has 0 aromatic heterocycles. The number of benzene rings is 3. The molecule has 34 heavy (non-hydrogen) atoms. The van der Waals surface area contributed by atoms with Crippen molar-refractivity contribution >= 4 is 22.2 Å². The molecule has 3 aromatic carbocycles. The van der Waals surface area contributed by atoms with Crippen molar-refractivity contribution in [2.45, 2.75) is 25.2 Å². The molecular weight excluding hydrogens is 456 g/mol. The number of nitrogens with one attached hydrogen (secondary N) is 1. The van der Waals surface area contributed by atoms with Gasteiger partial charge < -0.3 is 13.7 Å². The molecule has 0 atom stereocenters. The van der Waals surface area contributed by atoms with Gasteiger partial charge in [0.2, 0.25) is 5.91 Å². The molecule has 1 N–H and O–H groups in total. The van der Waals surface area contributed by atoms with Crippen LogP contribution in [0, 0.1) is 6.92 Å². The van der Waals surface area contributed by atoms with Gasteiger partial charge in [0.25, 0.3) is 0 Å². The van der Waals surface area contributed by atoms with Crippen molar-refractivity contribution in [2.24, 2.45) is 5.10 Å². The van der Waals surface area contributed by atoms with E-state index in [-0.39, 0.29) is 40.9 Å². The number of para-hydroxylation sites is 1. The van der Waals surface area contributed by atoms with Gasteiger partial charge in [-0.2, -0.15) is 13.5 Å². The zero-order valence-corrected chi connectivity index (χ0v) is 20.0. The monoisotopic (exact) mass is 482 g/mol. The van der Waals surface area contributed by atoms with Crippen LogP contribution in [-0.4, -0.2) is 34.3 Å². The fourth-order valence-corrected chi connectivity index (χ4v) is 4.43. The summed E-state index contributed by atoms with van der Waals surface area (Å²) < 4.78 is 42.4. The lowest BCUT2D eigenvalue weighted by atomic mass is 10.1. The van der Waals surface area contributed by atoms with Crippen LogP contribution < -0.4 is 19.1 Å². The maximum atomic E-state index is 13.2. The molecule has 0 heterocycles. The number of carbonyl (C=O) groups excluding carboxylic acids is 1. The minimum atomic E-state index is -4.26. The Hall–Kier alpha value is -3.85. The highest BCUT2D eigenvalue weighted by Gasteiger charge is 2.26. The van der Waals surface area contributed by atoms with Crippen molar-refractivity contribution in [3.63, 3.8) is 0 Å². The quantitative estimate of drug-likeness (QED) is 0.267. The van der Waals surface area contributed by atoms with Gasteiger partial charge in [0.15, 0.2) is 4.90 Å². The third kappa shape index (κ3) is 6.58. The average molecular weight is 483 g/mol. The molecule has 0 aliphatic heterocycles. The molecule has 0 radical (unpaired) electrons. The van der Waals surface area contributed by atoms with E-state index in [1.54, 1.807) is 87.7 Å². The average Bonchev–Trinajstić information content (AvgIpc) is 2.79. The fraction of sp³-hybridized carbons (Fsp3) is 0.200. The highest BCUT2D eigenvalue weighted by atomic mass is 32.2. The lowest BCUT2D eigenvalue weighted by Crippen LogP contribution is -2.20. The molecule has 0 unspecified atom stereocenters. The number of hydrazone groups is 1. The topological polar surface area (TPSA) is 103 Å². The Balaban J connectivity index is 1.86. The van der Waals surface area contributed by atoms with Gasteiger partial charge in [0, 0.05) is 5.56 Å². The van der Waals surface area contributed by atoms with Crippen molar-refractivity contribution in [3.05, 3.63) is 83.4 Å². The smallest absolute Gasteiger partial charge is 0.343 e. The Kier molecular flexibility index (Phi) is 8.26. The summed E-state index contributed by atoms with van der Waals surface area (Å²) in [6, 6.07) is 18.5. The number of hydrogen-bond donors (Lipinski definition) is 1. The van der Waals surface area contributed by atoms with E-state index in [9.17, 15) is 13.2 Å². The van der Waals surface area contributed by atoms with Crippen LogP contribution in [0.2, 0.25) is 0 Å². The highest BCUT2D eigenvalue weighted by molar-refractivity contribution is 7.87. The minimum absolute atomic E-state index is 0.0782. The van der Waals surface area contributed by atoms with Crippen LogP contribution in [0.15, 0.2) is 76.7 Å². The van der Waals surface area contributed by atoms with Crippen molar-refractivity contribution in [1.29, 1.82) is 0 Å². The summed E-state index contributed by atoms with van der Waals surface area (Å²) in [6.45, 7) is 3.81. The number of methoxy groups -OCH3 is 1. The van der Waals surface area contributed by atoms with Crippen molar-refractivity contribution in [2.75, 3.05) is 13.7 Å². The lowest BCUT2D eigenvalue weighted by Gasteiger charge is -2.15. The van der Waals surface area contributed by atoms with Crippen molar-refractivity contribution < 1.29 is 26.9 Å². The van der Waals surface area contributed by atoms with Gasteiger partial charge in [0.05, 0.1) is 26.4 Å². The Labute approximate surface area is 199 Å². The van der Waals surface area contributed by atoms with Gasteiger partial charge in [-0.1, -0.05) is 30.3 Å². The molecular formula is C25H26N2O6S. The van der Waals surface area contributed by atoms with Crippen LogP contribution in [0.4, 0.5) is 0 Å². The summed E-state index contributed by atoms with van der Waals surface area (Å²) in [6.07, 6.45) is 1.34. The molecule has 178 valence electrons. The molecule has 9 heteroatoms. The molecule has 0 fully saturated rings. The SMILES string of the molecule is CCOc1cc(C)cc(C=NNC(=O)Cc2cccc(OC)c2)c1S(=O)(=O)Oc1ccccc1. The van der Waals surface area contributed by atoms with Crippen LogP contribution in [0.25, 0.3) is 0 Å². The molecule has 0 saturated carbocycles. The van der Waals surface area contributed by atoms with E-state index < -0.39 is 10.1 Å². The number of amides is 1. The molecule has 0 aliphatic carbocycles. The van der Waals surface area contributed by atoms with E-state index in [1.165, 1.54) is 6.21 Å². The third-order valence-corrected chi connectivity index (χ3v) is 5.97. The Bertz CT molecular complexity index is 1270. The van der Waals surface area contributed by atoms with Crippen LogP contribution in [0.3, 0.4) is 0 Å². The van der Waals surface area contributed by atoms with Crippen LogP contribution in [0.1, 0.15) is 23.6 Å². The Morgan fingerprint density at radius 1 is 1.03 bits per heavy atom. The van der Waals surface area contributed by atoms with E-state index in [0.29, 0.717) is 5.75 Å². The van der Waals surface area contributed by atoms with Gasteiger partial charge in [-0.05, 0) is 61.4 Å². The number of hydrogen-bond acceptors (Lipinski definition) is 7. The zero-order valence-electron chi connectivity index (χ0n) is 19.1. The first-order valence-electron chi connectivity index (χ1n) is 10.5. The molecule has 0 bridgehead atoms. The second-order valence-electron chi connectivity index (χ2n) is 7.29. The first kappa shape index (κ1) is 24.8. The summed E-state index contributed by atoms with van der Waals surface area (Å²) >= 11 is 0. The first-order chi connectivity index (χ1) is 16.3. The van der Waals surface area contributed by atoms with Gasteiger partial charge in [-0.3, -0.25) is 4.79 Å². The third-order valence-electron chi connectivity index (χ3n) is 4.62. The van der Waals surface area contributed by atoms with Gasteiger partial charge in [-0.25, -0.2) is 5.43 Å². The molecule has 8 nitrogen and oxygen atoms in total. The molecule has 3 aromatic rings. The van der Waals surface area contributed by atoms with E-state index in [0.717, 1.165) is 11.1 Å². The van der Waals surface area contributed by atoms with E-state index in [2.05, 4.69) is 10.5 Å². The minimum Gasteiger partial charge on any atom is -0.497 e. The normalized spacial score (nSPS) is 11.3. The van der Waals surface area contributed by atoms with Gasteiger partial charge >= 0.3 is 10.1 Å². The van der Waals surface area contributed by atoms with E-state index in [1.807, 2.05) is 0 Å². The number of ether oxygens (including phenoxy) is 2. The molecule has 0 aliphatic rings. The summed E-state index contributed by atoms with van der Waals surface area (Å²) in [5.41, 5.74) is 4.16. The maximum absolute atomic E-state index is 13.2.